The topological polar surface area (TPSA) is 50.7 Å². The van der Waals surface area contributed by atoms with Crippen LogP contribution in [0.25, 0.3) is 0 Å². The Kier molecular flexibility index (Phi) is 9.75. The Morgan fingerprint density at radius 1 is 0.840 bits per heavy atom. The molecule has 4 heteroatoms. The van der Waals surface area contributed by atoms with Gasteiger partial charge in [0.05, 0.1) is 5.71 Å². The molecule has 2 rings (SSSR count). The number of carbonyl (C=O) groups excluding carboxylic acids is 1. The molecule has 1 aliphatic rings. The normalized spacial score (nSPS) is 20.3. The van der Waals surface area contributed by atoms with E-state index in [4.69, 9.17) is 4.84 Å². The lowest BCUT2D eigenvalue weighted by Gasteiger charge is -2.08. The Bertz CT molecular complexity index is 514. The molecule has 0 saturated carbocycles. The number of amides is 1. The molecule has 0 aromatic heterocycles. The summed E-state index contributed by atoms with van der Waals surface area (Å²) < 4.78 is 0. The lowest BCUT2D eigenvalue weighted by atomic mass is 10.0. The molecule has 138 valence electrons. The largest absolute Gasteiger partial charge is 0.391 e. The number of hydrogen-bond acceptors (Lipinski definition) is 3. The number of oxime groups is 1. The van der Waals surface area contributed by atoms with Crippen molar-refractivity contribution < 1.29 is 9.63 Å². The van der Waals surface area contributed by atoms with Gasteiger partial charge in [0.25, 0.3) is 0 Å². The van der Waals surface area contributed by atoms with Crippen LogP contribution in [0, 0.1) is 0 Å². The van der Waals surface area contributed by atoms with Crippen LogP contribution in [0.5, 0.6) is 0 Å². The first-order valence-corrected chi connectivity index (χ1v) is 9.83. The van der Waals surface area contributed by atoms with E-state index in [0.29, 0.717) is 19.6 Å². The van der Waals surface area contributed by atoms with Gasteiger partial charge in [-0.2, -0.15) is 0 Å². The van der Waals surface area contributed by atoms with Crippen molar-refractivity contribution in [3.8, 4) is 0 Å². The van der Waals surface area contributed by atoms with Crippen molar-refractivity contribution in [2.45, 2.75) is 77.2 Å². The zero-order chi connectivity index (χ0) is 17.6. The second kappa shape index (κ2) is 12.5. The van der Waals surface area contributed by atoms with E-state index in [9.17, 15) is 4.79 Å². The van der Waals surface area contributed by atoms with Gasteiger partial charge >= 0.3 is 0 Å². The van der Waals surface area contributed by atoms with Crippen LogP contribution in [0.1, 0.15) is 76.2 Å². The quantitative estimate of drug-likeness (QED) is 0.786. The Labute approximate surface area is 152 Å². The molecule has 0 aliphatic carbocycles. The van der Waals surface area contributed by atoms with Gasteiger partial charge in [0, 0.05) is 19.4 Å². The van der Waals surface area contributed by atoms with Gasteiger partial charge < -0.3 is 10.2 Å². The fraction of sp³-hybridized carbons (Fsp3) is 0.619. The fourth-order valence-corrected chi connectivity index (χ4v) is 3.10. The standard InChI is InChI=1S/C21H32N2O2/c24-21-15-11-6-4-2-1-3-5-10-14-20(16-17-22-21)23-25-18-19-12-8-7-9-13-19/h7-9,12-13H,1-6,10-11,14-18H2,(H,22,24)/b23-20-. The Balaban J connectivity index is 1.81. The Hall–Kier alpha value is -1.84. The lowest BCUT2D eigenvalue weighted by Crippen LogP contribution is -2.25. The molecule has 1 N–H and O–H groups in total. The predicted octanol–water partition coefficient (Wildman–Crippen LogP) is 4.98. The van der Waals surface area contributed by atoms with E-state index in [1.54, 1.807) is 0 Å². The van der Waals surface area contributed by atoms with Gasteiger partial charge in [-0.25, -0.2) is 0 Å². The third-order valence-corrected chi connectivity index (χ3v) is 4.62. The van der Waals surface area contributed by atoms with E-state index in [-0.39, 0.29) is 5.91 Å². The zero-order valence-electron chi connectivity index (χ0n) is 15.3. The molecular formula is C21H32N2O2. The summed E-state index contributed by atoms with van der Waals surface area (Å²) in [5, 5.41) is 7.37. The van der Waals surface area contributed by atoms with Crippen molar-refractivity contribution in [1.29, 1.82) is 0 Å². The van der Waals surface area contributed by atoms with Gasteiger partial charge in [-0.1, -0.05) is 74.0 Å². The first-order valence-electron chi connectivity index (χ1n) is 9.83. The van der Waals surface area contributed by atoms with Crippen molar-refractivity contribution >= 4 is 11.6 Å². The molecule has 1 aromatic rings. The number of nitrogens with zero attached hydrogens (tertiary/aromatic N) is 1. The number of hydrogen-bond donors (Lipinski definition) is 1. The molecule has 0 spiro atoms. The maximum atomic E-state index is 11.8. The Morgan fingerprint density at radius 2 is 1.48 bits per heavy atom. The molecule has 0 bridgehead atoms. The van der Waals surface area contributed by atoms with Crippen molar-refractivity contribution in [3.05, 3.63) is 35.9 Å². The van der Waals surface area contributed by atoms with Crippen LogP contribution in [0.2, 0.25) is 0 Å². The molecule has 1 heterocycles. The van der Waals surface area contributed by atoms with Gasteiger partial charge in [0.1, 0.15) is 6.61 Å². The molecule has 1 amide bonds. The summed E-state index contributed by atoms with van der Waals surface area (Å²) in [5.74, 6) is 0.166. The SMILES string of the molecule is O=C1CCCCCCCCCC/C(=N/OCc2ccccc2)CCN1. The highest BCUT2D eigenvalue weighted by atomic mass is 16.6. The first-order chi connectivity index (χ1) is 12.3. The Morgan fingerprint density at radius 3 is 2.20 bits per heavy atom. The summed E-state index contributed by atoms with van der Waals surface area (Å²) in [5.41, 5.74) is 2.18. The second-order valence-electron chi connectivity index (χ2n) is 6.84. The van der Waals surface area contributed by atoms with Crippen molar-refractivity contribution in [1.82, 2.24) is 5.32 Å². The van der Waals surface area contributed by atoms with Gasteiger partial charge in [-0.15, -0.1) is 0 Å². The van der Waals surface area contributed by atoms with E-state index in [1.807, 2.05) is 30.3 Å². The maximum absolute atomic E-state index is 11.8. The molecular weight excluding hydrogens is 312 g/mol. The summed E-state index contributed by atoms with van der Waals surface area (Å²) >= 11 is 0. The molecule has 1 aliphatic heterocycles. The van der Waals surface area contributed by atoms with Crippen LogP contribution in [0.15, 0.2) is 35.5 Å². The van der Waals surface area contributed by atoms with Crippen molar-refractivity contribution in [2.75, 3.05) is 6.54 Å². The van der Waals surface area contributed by atoms with Crippen molar-refractivity contribution in [2.24, 2.45) is 5.16 Å². The van der Waals surface area contributed by atoms with Crippen LogP contribution in [0.4, 0.5) is 0 Å². The highest BCUT2D eigenvalue weighted by Crippen LogP contribution is 2.12. The van der Waals surface area contributed by atoms with E-state index in [0.717, 1.165) is 37.0 Å². The molecule has 0 radical (unpaired) electrons. The van der Waals surface area contributed by atoms with Crippen LogP contribution in [-0.4, -0.2) is 18.2 Å². The third-order valence-electron chi connectivity index (χ3n) is 4.62. The highest BCUT2D eigenvalue weighted by Gasteiger charge is 2.06. The summed E-state index contributed by atoms with van der Waals surface area (Å²) in [4.78, 5) is 17.4. The fourth-order valence-electron chi connectivity index (χ4n) is 3.10. The highest BCUT2D eigenvalue weighted by molar-refractivity contribution is 5.84. The van der Waals surface area contributed by atoms with Crippen LogP contribution in [0.3, 0.4) is 0 Å². The number of benzene rings is 1. The molecule has 1 fully saturated rings. The summed E-state index contributed by atoms with van der Waals surface area (Å²) in [6, 6.07) is 10.1. The minimum absolute atomic E-state index is 0.166. The van der Waals surface area contributed by atoms with Gasteiger partial charge in [-0.05, 0) is 24.8 Å². The van der Waals surface area contributed by atoms with Gasteiger partial charge in [-0.3, -0.25) is 4.79 Å². The lowest BCUT2D eigenvalue weighted by molar-refractivity contribution is -0.121. The van der Waals surface area contributed by atoms with Crippen molar-refractivity contribution in [3.63, 3.8) is 0 Å². The third kappa shape index (κ3) is 9.28. The second-order valence-corrected chi connectivity index (χ2v) is 6.84. The predicted molar refractivity (Wildman–Crippen MR) is 102 cm³/mol. The molecule has 1 aromatic carbocycles. The average Bonchev–Trinajstić information content (AvgIpc) is 2.63. The minimum atomic E-state index is 0.166. The minimum Gasteiger partial charge on any atom is -0.391 e. The van der Waals surface area contributed by atoms with E-state index >= 15 is 0 Å². The molecule has 1 saturated heterocycles. The summed E-state index contributed by atoms with van der Waals surface area (Å²) in [6.07, 6.45) is 12.1. The molecule has 25 heavy (non-hydrogen) atoms. The zero-order valence-corrected chi connectivity index (χ0v) is 15.3. The maximum Gasteiger partial charge on any atom is 0.220 e. The molecule has 0 unspecified atom stereocenters. The van der Waals surface area contributed by atoms with Crippen LogP contribution < -0.4 is 5.32 Å². The monoisotopic (exact) mass is 344 g/mol. The van der Waals surface area contributed by atoms with Gasteiger partial charge in [0.2, 0.25) is 5.91 Å². The summed E-state index contributed by atoms with van der Waals surface area (Å²) in [7, 11) is 0. The molecule has 0 atom stereocenters. The summed E-state index contributed by atoms with van der Waals surface area (Å²) in [6.45, 7) is 1.16. The number of rotatable bonds is 3. The van der Waals surface area contributed by atoms with E-state index in [2.05, 4.69) is 10.5 Å². The average molecular weight is 344 g/mol. The van der Waals surface area contributed by atoms with Crippen LogP contribution >= 0.6 is 0 Å². The smallest absolute Gasteiger partial charge is 0.220 e. The first kappa shape index (κ1) is 19.5. The van der Waals surface area contributed by atoms with Crippen LogP contribution in [-0.2, 0) is 16.2 Å². The molecule has 4 nitrogen and oxygen atoms in total. The number of carbonyl (C=O) groups is 1. The van der Waals surface area contributed by atoms with Gasteiger partial charge in [0.15, 0.2) is 0 Å². The number of nitrogens with one attached hydrogen (secondary N) is 1. The van der Waals surface area contributed by atoms with E-state index in [1.165, 1.54) is 38.5 Å². The van der Waals surface area contributed by atoms with E-state index < -0.39 is 0 Å².